The Balaban J connectivity index is 2.25. The highest BCUT2D eigenvalue weighted by atomic mass is 35.5. The Bertz CT molecular complexity index is 546. The molecule has 3 N–H and O–H groups in total. The maximum absolute atomic E-state index is 10.8. The predicted octanol–water partition coefficient (Wildman–Crippen LogP) is 1.33. The molecule has 7 nitrogen and oxygen atoms in total. The van der Waals surface area contributed by atoms with Crippen LogP contribution in [0.25, 0.3) is 0 Å². The molecule has 0 saturated heterocycles. The van der Waals surface area contributed by atoms with E-state index in [1.165, 1.54) is 12.1 Å². The zero-order chi connectivity index (χ0) is 13.1. The quantitative estimate of drug-likeness (QED) is 0.737. The molecule has 2 rings (SSSR count). The van der Waals surface area contributed by atoms with Gasteiger partial charge in [-0.15, -0.1) is 0 Å². The Kier molecular flexibility index (Phi) is 3.90. The second-order valence-electron chi connectivity index (χ2n) is 3.21. The third-order valence-electron chi connectivity index (χ3n) is 1.95. The second-order valence-corrected chi connectivity index (χ2v) is 3.88. The molecule has 18 heavy (non-hydrogen) atoms. The van der Waals surface area contributed by atoms with Gasteiger partial charge >= 0.3 is 0 Å². The van der Waals surface area contributed by atoms with Crippen LogP contribution in [0, 0.1) is 5.21 Å². The first-order chi connectivity index (χ1) is 8.54. The Labute approximate surface area is 112 Å². The van der Waals surface area contributed by atoms with Crippen molar-refractivity contribution in [1.29, 1.82) is 0 Å². The van der Waals surface area contributed by atoms with Gasteiger partial charge in [-0.1, -0.05) is 6.07 Å². The van der Waals surface area contributed by atoms with E-state index >= 15 is 0 Å². The van der Waals surface area contributed by atoms with Gasteiger partial charge in [0.25, 0.3) is 0 Å². The molecule has 9 heteroatoms. The fraction of sp³-hybridized carbons (Fsp3) is 0. The first-order valence-electron chi connectivity index (χ1n) is 4.72. The lowest BCUT2D eigenvalue weighted by atomic mass is 10.3. The van der Waals surface area contributed by atoms with E-state index in [1.54, 1.807) is 12.1 Å². The highest BCUT2D eigenvalue weighted by Gasteiger charge is 2.05. The van der Waals surface area contributed by atoms with Gasteiger partial charge in [-0.2, -0.15) is 20.2 Å². The van der Waals surface area contributed by atoms with Crippen LogP contribution in [0.4, 0.5) is 17.3 Å². The van der Waals surface area contributed by atoms with E-state index in [2.05, 4.69) is 20.3 Å². The standard InChI is InChI=1S/C9H7Cl2N5O2/c10-7-13-8(11)15-9(14-7)12-5-2-1-3-6(4-5)16(17)18/h1-4,16-17H,(H,12,13,14,15). The number of aromatic nitrogens is 3. The lowest BCUT2D eigenvalue weighted by molar-refractivity contribution is -0.991. The van der Waals surface area contributed by atoms with E-state index in [0.717, 1.165) is 0 Å². The number of halogens is 2. The number of quaternary nitrogens is 1. The summed E-state index contributed by atoms with van der Waals surface area (Å²) in [4.78, 5) is 11.2. The van der Waals surface area contributed by atoms with Crippen LogP contribution in [-0.2, 0) is 0 Å². The molecule has 1 unspecified atom stereocenters. The van der Waals surface area contributed by atoms with Gasteiger partial charge in [0.2, 0.25) is 16.5 Å². The molecule has 1 atom stereocenters. The monoisotopic (exact) mass is 287 g/mol. The molecule has 2 aromatic rings. The minimum absolute atomic E-state index is 0.0492. The minimum Gasteiger partial charge on any atom is -0.595 e. The van der Waals surface area contributed by atoms with Gasteiger partial charge in [0.15, 0.2) is 5.69 Å². The topological polar surface area (TPSA) is 98.4 Å². The van der Waals surface area contributed by atoms with Crippen molar-refractivity contribution in [2.75, 3.05) is 5.32 Å². The molecule has 0 radical (unpaired) electrons. The molecular weight excluding hydrogens is 281 g/mol. The van der Waals surface area contributed by atoms with Gasteiger partial charge in [0.1, 0.15) is 0 Å². The zero-order valence-electron chi connectivity index (χ0n) is 8.76. The summed E-state index contributed by atoms with van der Waals surface area (Å²) in [6, 6.07) is 6.17. The van der Waals surface area contributed by atoms with Crippen molar-refractivity contribution in [1.82, 2.24) is 15.0 Å². The summed E-state index contributed by atoms with van der Waals surface area (Å²) in [6.45, 7) is 0. The second kappa shape index (κ2) is 5.42. The molecule has 0 aliphatic heterocycles. The maximum Gasteiger partial charge on any atom is 0.232 e. The highest BCUT2D eigenvalue weighted by molar-refractivity contribution is 6.31. The normalized spacial score (nSPS) is 12.2. The molecule has 1 aromatic heterocycles. The molecule has 94 valence electrons. The summed E-state index contributed by atoms with van der Waals surface area (Å²) in [5.41, 5.74) is 0.652. The van der Waals surface area contributed by atoms with E-state index < -0.39 is 5.23 Å². The first kappa shape index (κ1) is 12.9. The SMILES string of the molecule is [O-][NH+](O)c1cccc(Nc2nc(Cl)nc(Cl)n2)c1. The Morgan fingerprint density at radius 1 is 1.17 bits per heavy atom. The fourth-order valence-corrected chi connectivity index (χ4v) is 1.60. The minimum atomic E-state index is -1.02. The number of anilines is 2. The van der Waals surface area contributed by atoms with E-state index in [4.69, 9.17) is 28.4 Å². The van der Waals surface area contributed by atoms with E-state index in [0.29, 0.717) is 5.69 Å². The smallest absolute Gasteiger partial charge is 0.232 e. The predicted molar refractivity (Wildman–Crippen MR) is 65.3 cm³/mol. The summed E-state index contributed by atoms with van der Waals surface area (Å²) >= 11 is 11.2. The number of hydrogen-bond acceptors (Lipinski definition) is 6. The van der Waals surface area contributed by atoms with Crippen molar-refractivity contribution in [3.05, 3.63) is 40.0 Å². The molecule has 0 fully saturated rings. The first-order valence-corrected chi connectivity index (χ1v) is 5.47. The Morgan fingerprint density at radius 2 is 1.83 bits per heavy atom. The molecule has 0 spiro atoms. The average molecular weight is 288 g/mol. The molecule has 0 bridgehead atoms. The zero-order valence-corrected chi connectivity index (χ0v) is 10.3. The Morgan fingerprint density at radius 3 is 2.44 bits per heavy atom. The average Bonchev–Trinajstić information content (AvgIpc) is 2.27. The summed E-state index contributed by atoms with van der Waals surface area (Å²) in [5, 5.41) is 21.3. The van der Waals surface area contributed by atoms with Gasteiger partial charge in [-0.05, 0) is 29.3 Å². The molecular formula is C9H7Cl2N5O2. The van der Waals surface area contributed by atoms with Gasteiger partial charge in [0.05, 0.1) is 0 Å². The van der Waals surface area contributed by atoms with Crippen molar-refractivity contribution in [3.8, 4) is 0 Å². The van der Waals surface area contributed by atoms with Crippen molar-refractivity contribution in [3.63, 3.8) is 0 Å². The molecule has 1 aromatic carbocycles. The lowest BCUT2D eigenvalue weighted by Crippen LogP contribution is -2.99. The molecule has 0 amide bonds. The van der Waals surface area contributed by atoms with Crippen LogP contribution in [0.5, 0.6) is 0 Å². The van der Waals surface area contributed by atoms with E-state index in [1.807, 2.05) is 0 Å². The van der Waals surface area contributed by atoms with Crippen LogP contribution in [0.1, 0.15) is 0 Å². The molecule has 1 heterocycles. The van der Waals surface area contributed by atoms with Gasteiger partial charge < -0.3 is 10.5 Å². The third kappa shape index (κ3) is 3.25. The summed E-state index contributed by atoms with van der Waals surface area (Å²) in [5.74, 6) is 0.141. The molecule has 0 saturated carbocycles. The van der Waals surface area contributed by atoms with Crippen molar-refractivity contribution < 1.29 is 10.4 Å². The van der Waals surface area contributed by atoms with Crippen molar-refractivity contribution in [2.45, 2.75) is 0 Å². The Hall–Kier alpha value is -1.51. The van der Waals surface area contributed by atoms with E-state index in [9.17, 15) is 5.21 Å². The van der Waals surface area contributed by atoms with Gasteiger partial charge in [-0.3, -0.25) is 0 Å². The molecule has 0 aliphatic carbocycles. The van der Waals surface area contributed by atoms with Crippen LogP contribution >= 0.6 is 23.2 Å². The number of nitrogens with one attached hydrogen (secondary N) is 2. The maximum atomic E-state index is 10.8. The van der Waals surface area contributed by atoms with Crippen LogP contribution < -0.4 is 10.5 Å². The third-order valence-corrected chi connectivity index (χ3v) is 2.28. The largest absolute Gasteiger partial charge is 0.595 e. The van der Waals surface area contributed by atoms with Crippen molar-refractivity contribution >= 4 is 40.5 Å². The van der Waals surface area contributed by atoms with Crippen LogP contribution in [0.15, 0.2) is 24.3 Å². The summed E-state index contributed by atoms with van der Waals surface area (Å²) < 4.78 is 0. The fourth-order valence-electron chi connectivity index (χ4n) is 1.24. The number of hydrogen-bond donors (Lipinski definition) is 3. The number of nitrogens with zero attached hydrogens (tertiary/aromatic N) is 3. The van der Waals surface area contributed by atoms with E-state index in [-0.39, 0.29) is 22.2 Å². The molecule has 0 aliphatic rings. The number of rotatable bonds is 3. The highest BCUT2D eigenvalue weighted by Crippen LogP contribution is 2.17. The lowest BCUT2D eigenvalue weighted by Gasteiger charge is -2.12. The number of benzene rings is 1. The van der Waals surface area contributed by atoms with Crippen LogP contribution in [0.2, 0.25) is 10.6 Å². The van der Waals surface area contributed by atoms with Crippen LogP contribution in [-0.4, -0.2) is 20.2 Å². The van der Waals surface area contributed by atoms with Crippen LogP contribution in [0.3, 0.4) is 0 Å². The van der Waals surface area contributed by atoms with Gasteiger partial charge in [-0.25, -0.2) is 5.21 Å². The summed E-state index contributed by atoms with van der Waals surface area (Å²) in [7, 11) is 0. The van der Waals surface area contributed by atoms with Gasteiger partial charge in [0, 0.05) is 17.8 Å². The summed E-state index contributed by atoms with van der Waals surface area (Å²) in [6.07, 6.45) is 0. The van der Waals surface area contributed by atoms with Crippen molar-refractivity contribution in [2.24, 2.45) is 0 Å².